The van der Waals surface area contributed by atoms with E-state index in [1.54, 1.807) is 68.0 Å². The minimum atomic E-state index is -0.795. The molecule has 0 aliphatic carbocycles. The Morgan fingerprint density at radius 3 is 2.56 bits per heavy atom. The summed E-state index contributed by atoms with van der Waals surface area (Å²) in [6, 6.07) is 14.8. The van der Waals surface area contributed by atoms with Crippen molar-refractivity contribution in [1.29, 1.82) is 0 Å². The SMILES string of the molecule is COc1ccc(N2C(=O)C(=O)/C(=C(\O)c3ccc4c(c3)CCO4)C2c2ccncc2)cc1. The summed E-state index contributed by atoms with van der Waals surface area (Å²) in [5.74, 6) is -0.257. The second-order valence-corrected chi connectivity index (χ2v) is 7.57. The highest BCUT2D eigenvalue weighted by molar-refractivity contribution is 6.51. The maximum absolute atomic E-state index is 13.2. The molecular formula is C25H20N2O5. The van der Waals surface area contributed by atoms with Crippen molar-refractivity contribution in [1.82, 2.24) is 4.98 Å². The minimum absolute atomic E-state index is 0.0379. The topological polar surface area (TPSA) is 89.0 Å². The van der Waals surface area contributed by atoms with E-state index in [9.17, 15) is 14.7 Å². The molecule has 1 amide bonds. The van der Waals surface area contributed by atoms with Crippen LogP contribution in [0, 0.1) is 0 Å². The van der Waals surface area contributed by atoms with E-state index >= 15 is 0 Å². The van der Waals surface area contributed by atoms with Crippen LogP contribution >= 0.6 is 0 Å². The van der Waals surface area contributed by atoms with E-state index in [0.717, 1.165) is 17.7 Å². The molecule has 0 bridgehead atoms. The van der Waals surface area contributed by atoms with Gasteiger partial charge in [0.1, 0.15) is 17.3 Å². The summed E-state index contributed by atoms with van der Waals surface area (Å²) in [7, 11) is 1.56. The number of nitrogens with zero attached hydrogens (tertiary/aromatic N) is 2. The number of aliphatic hydroxyl groups is 1. The van der Waals surface area contributed by atoms with E-state index in [1.165, 1.54) is 4.90 Å². The van der Waals surface area contributed by atoms with E-state index < -0.39 is 17.7 Å². The fraction of sp³-hybridized carbons (Fsp3) is 0.160. The van der Waals surface area contributed by atoms with Crippen LogP contribution in [0.4, 0.5) is 5.69 Å². The van der Waals surface area contributed by atoms with Gasteiger partial charge < -0.3 is 14.6 Å². The van der Waals surface area contributed by atoms with Gasteiger partial charge in [-0.3, -0.25) is 19.5 Å². The predicted molar refractivity (Wildman–Crippen MR) is 118 cm³/mol. The van der Waals surface area contributed by atoms with Crippen LogP contribution in [0.15, 0.2) is 72.6 Å². The van der Waals surface area contributed by atoms with Crippen molar-refractivity contribution in [3.63, 3.8) is 0 Å². The number of benzene rings is 2. The number of anilines is 1. The highest BCUT2D eigenvalue weighted by Gasteiger charge is 2.47. The summed E-state index contributed by atoms with van der Waals surface area (Å²) in [6.45, 7) is 0.582. The first kappa shape index (κ1) is 19.8. The molecule has 2 aromatic carbocycles. The average molecular weight is 428 g/mol. The van der Waals surface area contributed by atoms with E-state index in [-0.39, 0.29) is 11.3 Å². The first-order chi connectivity index (χ1) is 15.6. The van der Waals surface area contributed by atoms with Crippen molar-refractivity contribution >= 4 is 23.1 Å². The van der Waals surface area contributed by atoms with Crippen LogP contribution in [0.2, 0.25) is 0 Å². The van der Waals surface area contributed by atoms with Crippen molar-refractivity contribution in [3.8, 4) is 11.5 Å². The Hall–Kier alpha value is -4.13. The van der Waals surface area contributed by atoms with Crippen LogP contribution in [0.25, 0.3) is 5.76 Å². The number of pyridine rings is 1. The van der Waals surface area contributed by atoms with Crippen LogP contribution in [0.3, 0.4) is 0 Å². The smallest absolute Gasteiger partial charge is 0.300 e. The molecule has 1 saturated heterocycles. The molecular weight excluding hydrogens is 408 g/mol. The van der Waals surface area contributed by atoms with Gasteiger partial charge in [0.2, 0.25) is 0 Å². The zero-order chi connectivity index (χ0) is 22.2. The van der Waals surface area contributed by atoms with Crippen LogP contribution in [0.1, 0.15) is 22.7 Å². The van der Waals surface area contributed by atoms with Crippen molar-refractivity contribution in [2.24, 2.45) is 0 Å². The summed E-state index contributed by atoms with van der Waals surface area (Å²) >= 11 is 0. The molecule has 7 heteroatoms. The Labute approximate surface area is 184 Å². The highest BCUT2D eigenvalue weighted by atomic mass is 16.5. The Morgan fingerprint density at radius 2 is 1.84 bits per heavy atom. The average Bonchev–Trinajstić information content (AvgIpc) is 3.41. The van der Waals surface area contributed by atoms with Crippen LogP contribution < -0.4 is 14.4 Å². The summed E-state index contributed by atoms with van der Waals surface area (Å²) in [5.41, 5.74) is 2.66. The van der Waals surface area contributed by atoms with E-state index in [2.05, 4.69) is 4.98 Å². The number of ketones is 1. The van der Waals surface area contributed by atoms with Crippen LogP contribution in [-0.2, 0) is 16.0 Å². The van der Waals surface area contributed by atoms with E-state index in [4.69, 9.17) is 9.47 Å². The largest absolute Gasteiger partial charge is 0.507 e. The lowest BCUT2D eigenvalue weighted by Gasteiger charge is -2.25. The first-order valence-electron chi connectivity index (χ1n) is 10.2. The molecule has 0 radical (unpaired) electrons. The number of hydrogen-bond acceptors (Lipinski definition) is 6. The normalized spacial score (nSPS) is 19.0. The monoisotopic (exact) mass is 428 g/mol. The van der Waals surface area contributed by atoms with Crippen molar-refractivity contribution < 1.29 is 24.2 Å². The van der Waals surface area contributed by atoms with Crippen molar-refractivity contribution in [3.05, 3.63) is 89.3 Å². The number of fused-ring (bicyclic) bond motifs is 1. The van der Waals surface area contributed by atoms with E-state index in [1.807, 2.05) is 6.07 Å². The maximum atomic E-state index is 13.2. The fourth-order valence-electron chi connectivity index (χ4n) is 4.19. The number of Topliss-reactive ketones (excluding diaryl/α,β-unsaturated/α-hetero) is 1. The molecule has 32 heavy (non-hydrogen) atoms. The zero-order valence-electron chi connectivity index (χ0n) is 17.3. The fourth-order valence-corrected chi connectivity index (χ4v) is 4.19. The molecule has 1 N–H and O–H groups in total. The second-order valence-electron chi connectivity index (χ2n) is 7.57. The van der Waals surface area contributed by atoms with Gasteiger partial charge in [0.15, 0.2) is 0 Å². The van der Waals surface area contributed by atoms with Gasteiger partial charge in [-0.05, 0) is 65.7 Å². The first-order valence-corrected chi connectivity index (χ1v) is 10.2. The third kappa shape index (κ3) is 3.19. The third-order valence-electron chi connectivity index (χ3n) is 5.78. The molecule has 0 saturated carbocycles. The molecule has 5 rings (SSSR count). The molecule has 1 fully saturated rings. The number of carbonyl (C=O) groups is 2. The van der Waals surface area contributed by atoms with E-state index in [0.29, 0.717) is 29.2 Å². The molecule has 7 nitrogen and oxygen atoms in total. The van der Waals surface area contributed by atoms with Gasteiger partial charge in [-0.1, -0.05) is 0 Å². The number of aliphatic hydroxyl groups excluding tert-OH is 1. The number of amides is 1. The summed E-state index contributed by atoms with van der Waals surface area (Å²) in [6.07, 6.45) is 3.91. The molecule has 3 heterocycles. The van der Waals surface area contributed by atoms with Crippen LogP contribution in [0.5, 0.6) is 11.5 Å². The van der Waals surface area contributed by atoms with Crippen molar-refractivity contribution in [2.45, 2.75) is 12.5 Å². The molecule has 1 aromatic heterocycles. The Morgan fingerprint density at radius 1 is 1.09 bits per heavy atom. The Kier molecular flexibility index (Phi) is 4.86. The van der Waals surface area contributed by atoms with Gasteiger partial charge in [-0.25, -0.2) is 0 Å². The number of aromatic nitrogens is 1. The van der Waals surface area contributed by atoms with Crippen LogP contribution in [-0.4, -0.2) is 35.5 Å². The third-order valence-corrected chi connectivity index (χ3v) is 5.78. The standard InChI is InChI=1S/C25H20N2O5/c1-31-19-5-3-18(4-6-19)27-22(15-8-11-26-12-9-15)21(24(29)25(27)30)23(28)17-2-7-20-16(14-17)10-13-32-20/h2-9,11-12,14,22,28H,10,13H2,1H3/b23-21-. The molecule has 1 atom stereocenters. The number of hydrogen-bond donors (Lipinski definition) is 1. The molecule has 1 unspecified atom stereocenters. The predicted octanol–water partition coefficient (Wildman–Crippen LogP) is 3.65. The lowest BCUT2D eigenvalue weighted by Crippen LogP contribution is -2.29. The maximum Gasteiger partial charge on any atom is 0.300 e. The summed E-state index contributed by atoms with van der Waals surface area (Å²) in [5, 5.41) is 11.2. The lowest BCUT2D eigenvalue weighted by atomic mass is 9.95. The number of methoxy groups -OCH3 is 1. The molecule has 160 valence electrons. The Bertz CT molecular complexity index is 1230. The summed E-state index contributed by atoms with van der Waals surface area (Å²) < 4.78 is 10.7. The zero-order valence-corrected chi connectivity index (χ0v) is 17.3. The van der Waals surface area contributed by atoms with Gasteiger partial charge in [-0.15, -0.1) is 0 Å². The second kappa shape index (κ2) is 7.85. The molecule has 3 aromatic rings. The molecule has 2 aliphatic heterocycles. The highest BCUT2D eigenvalue weighted by Crippen LogP contribution is 2.42. The van der Waals surface area contributed by atoms with Gasteiger partial charge in [0, 0.05) is 30.1 Å². The number of rotatable bonds is 4. The number of carbonyl (C=O) groups excluding carboxylic acids is 2. The molecule has 2 aliphatic rings. The minimum Gasteiger partial charge on any atom is -0.507 e. The van der Waals surface area contributed by atoms with Gasteiger partial charge in [0.05, 0.1) is 25.3 Å². The Balaban J connectivity index is 1.67. The molecule has 0 spiro atoms. The van der Waals surface area contributed by atoms with Gasteiger partial charge in [0.25, 0.3) is 11.7 Å². The van der Waals surface area contributed by atoms with Gasteiger partial charge in [-0.2, -0.15) is 0 Å². The van der Waals surface area contributed by atoms with Gasteiger partial charge >= 0.3 is 0 Å². The van der Waals surface area contributed by atoms with Crippen molar-refractivity contribution in [2.75, 3.05) is 18.6 Å². The lowest BCUT2D eigenvalue weighted by molar-refractivity contribution is -0.132. The summed E-state index contributed by atoms with van der Waals surface area (Å²) in [4.78, 5) is 31.8. The quantitative estimate of drug-likeness (QED) is 0.388. The number of ether oxygens (including phenoxy) is 2.